The van der Waals surface area contributed by atoms with Crippen molar-refractivity contribution in [3.05, 3.63) is 34.2 Å². The summed E-state index contributed by atoms with van der Waals surface area (Å²) >= 11 is 3.04. The third-order valence-corrected chi connectivity index (χ3v) is 4.29. The summed E-state index contributed by atoms with van der Waals surface area (Å²) in [6.45, 7) is 1.95. The molecule has 90 valence electrons. The number of fused-ring (bicyclic) bond motifs is 1. The van der Waals surface area contributed by atoms with Gasteiger partial charge in [-0.25, -0.2) is 14.8 Å². The Morgan fingerprint density at radius 3 is 2.83 bits per heavy atom. The van der Waals surface area contributed by atoms with Crippen LogP contribution in [0.4, 0.5) is 0 Å². The monoisotopic (exact) mass is 276 g/mol. The molecule has 3 rings (SSSR count). The average Bonchev–Trinajstić information content (AvgIpc) is 2.93. The summed E-state index contributed by atoms with van der Waals surface area (Å²) in [6, 6.07) is 4.95. The van der Waals surface area contributed by atoms with Crippen molar-refractivity contribution in [1.29, 1.82) is 0 Å². The largest absolute Gasteiger partial charge is 0.478 e. The SMILES string of the molecule is Cc1nc(-c2nc3ccc(C(=O)O)cc3s2)cs1. The molecule has 0 bridgehead atoms. The summed E-state index contributed by atoms with van der Waals surface area (Å²) in [7, 11) is 0. The number of aromatic nitrogens is 2. The summed E-state index contributed by atoms with van der Waals surface area (Å²) < 4.78 is 0.871. The molecule has 0 unspecified atom stereocenters. The fraction of sp³-hybridized carbons (Fsp3) is 0.0833. The molecule has 0 atom stereocenters. The quantitative estimate of drug-likeness (QED) is 0.779. The van der Waals surface area contributed by atoms with Crippen molar-refractivity contribution in [2.45, 2.75) is 6.92 Å². The highest BCUT2D eigenvalue weighted by Crippen LogP contribution is 2.31. The van der Waals surface area contributed by atoms with E-state index in [4.69, 9.17) is 5.11 Å². The number of benzene rings is 1. The first-order valence-electron chi connectivity index (χ1n) is 5.20. The fourth-order valence-electron chi connectivity index (χ4n) is 1.63. The Kier molecular flexibility index (Phi) is 2.61. The lowest BCUT2D eigenvalue weighted by Crippen LogP contribution is -1.94. The topological polar surface area (TPSA) is 63.1 Å². The van der Waals surface area contributed by atoms with Gasteiger partial charge in [0.05, 0.1) is 20.8 Å². The Bertz CT molecular complexity index is 745. The van der Waals surface area contributed by atoms with E-state index < -0.39 is 5.97 Å². The van der Waals surface area contributed by atoms with Crippen molar-refractivity contribution >= 4 is 38.9 Å². The molecule has 4 nitrogen and oxygen atoms in total. The van der Waals surface area contributed by atoms with Crippen molar-refractivity contribution in [2.75, 3.05) is 0 Å². The molecular weight excluding hydrogens is 268 g/mol. The molecule has 0 spiro atoms. The van der Waals surface area contributed by atoms with Crippen LogP contribution in [0.15, 0.2) is 23.6 Å². The van der Waals surface area contributed by atoms with E-state index in [9.17, 15) is 4.79 Å². The van der Waals surface area contributed by atoms with Crippen LogP contribution in [0.5, 0.6) is 0 Å². The van der Waals surface area contributed by atoms with Crippen LogP contribution in [0.2, 0.25) is 0 Å². The van der Waals surface area contributed by atoms with Crippen LogP contribution in [0.1, 0.15) is 15.4 Å². The van der Waals surface area contributed by atoms with E-state index >= 15 is 0 Å². The van der Waals surface area contributed by atoms with E-state index in [0.29, 0.717) is 0 Å². The van der Waals surface area contributed by atoms with Crippen molar-refractivity contribution in [3.8, 4) is 10.7 Å². The Balaban J connectivity index is 2.13. The van der Waals surface area contributed by atoms with E-state index in [1.54, 1.807) is 29.5 Å². The van der Waals surface area contributed by atoms with Crippen LogP contribution in [0, 0.1) is 6.92 Å². The van der Waals surface area contributed by atoms with Crippen molar-refractivity contribution in [3.63, 3.8) is 0 Å². The molecule has 0 aliphatic rings. The van der Waals surface area contributed by atoms with Gasteiger partial charge in [0.15, 0.2) is 0 Å². The zero-order chi connectivity index (χ0) is 12.7. The molecule has 2 heterocycles. The van der Waals surface area contributed by atoms with Gasteiger partial charge in [-0.1, -0.05) is 0 Å². The van der Waals surface area contributed by atoms with Gasteiger partial charge in [0.1, 0.15) is 10.7 Å². The van der Waals surface area contributed by atoms with Crippen molar-refractivity contribution in [2.24, 2.45) is 0 Å². The summed E-state index contributed by atoms with van der Waals surface area (Å²) in [6.07, 6.45) is 0. The number of thiazole rings is 2. The normalized spacial score (nSPS) is 10.9. The van der Waals surface area contributed by atoms with E-state index in [1.807, 2.05) is 12.3 Å². The predicted octanol–water partition coefficient (Wildman–Crippen LogP) is 3.43. The second kappa shape index (κ2) is 4.15. The number of carboxylic acid groups (broad SMARTS) is 1. The minimum absolute atomic E-state index is 0.284. The molecule has 0 aliphatic heterocycles. The highest BCUT2D eigenvalue weighted by Gasteiger charge is 2.11. The molecule has 0 saturated carbocycles. The molecule has 3 aromatic rings. The van der Waals surface area contributed by atoms with Crippen LogP contribution in [-0.4, -0.2) is 21.0 Å². The molecule has 1 aromatic carbocycles. The molecule has 0 amide bonds. The Hall–Kier alpha value is -1.79. The molecular formula is C12H8N2O2S2. The molecule has 0 radical (unpaired) electrons. The number of carbonyl (C=O) groups is 1. The second-order valence-corrected chi connectivity index (χ2v) is 5.85. The van der Waals surface area contributed by atoms with E-state index in [1.165, 1.54) is 11.3 Å². The number of nitrogens with zero attached hydrogens (tertiary/aromatic N) is 2. The van der Waals surface area contributed by atoms with Crippen LogP contribution in [0.25, 0.3) is 20.9 Å². The zero-order valence-electron chi connectivity index (χ0n) is 9.38. The third kappa shape index (κ3) is 1.89. The number of carboxylic acids is 1. The maximum absolute atomic E-state index is 10.9. The molecule has 6 heteroatoms. The van der Waals surface area contributed by atoms with Gasteiger partial charge in [-0.3, -0.25) is 0 Å². The zero-order valence-corrected chi connectivity index (χ0v) is 11.0. The number of hydrogen-bond acceptors (Lipinski definition) is 5. The maximum atomic E-state index is 10.9. The van der Waals surface area contributed by atoms with Gasteiger partial charge in [-0.2, -0.15) is 0 Å². The lowest BCUT2D eigenvalue weighted by Gasteiger charge is -1.91. The van der Waals surface area contributed by atoms with Crippen molar-refractivity contribution in [1.82, 2.24) is 9.97 Å². The number of aromatic carboxylic acids is 1. The standard InChI is InChI=1S/C12H8N2O2S2/c1-6-13-9(5-17-6)11-14-8-3-2-7(12(15)16)4-10(8)18-11/h2-5H,1H3,(H,15,16). The van der Waals surface area contributed by atoms with Crippen LogP contribution in [-0.2, 0) is 0 Å². The summed E-state index contributed by atoms with van der Waals surface area (Å²) in [5, 5.41) is 12.7. The van der Waals surface area contributed by atoms with Crippen LogP contribution < -0.4 is 0 Å². The minimum Gasteiger partial charge on any atom is -0.478 e. The predicted molar refractivity (Wildman–Crippen MR) is 72.4 cm³/mol. The summed E-state index contributed by atoms with van der Waals surface area (Å²) in [4.78, 5) is 19.7. The minimum atomic E-state index is -0.920. The fourth-order valence-corrected chi connectivity index (χ4v) is 3.27. The molecule has 0 fully saturated rings. The van der Waals surface area contributed by atoms with Gasteiger partial charge >= 0.3 is 5.97 Å². The lowest BCUT2D eigenvalue weighted by atomic mass is 10.2. The highest BCUT2D eigenvalue weighted by atomic mass is 32.1. The first kappa shape index (κ1) is 11.3. The molecule has 0 saturated heterocycles. The first-order chi connectivity index (χ1) is 8.63. The Morgan fingerprint density at radius 1 is 1.33 bits per heavy atom. The van der Waals surface area contributed by atoms with E-state index in [-0.39, 0.29) is 5.56 Å². The second-order valence-electron chi connectivity index (χ2n) is 3.76. The van der Waals surface area contributed by atoms with Gasteiger partial charge < -0.3 is 5.11 Å². The molecule has 2 aromatic heterocycles. The van der Waals surface area contributed by atoms with Gasteiger partial charge in [-0.15, -0.1) is 22.7 Å². The van der Waals surface area contributed by atoms with E-state index in [2.05, 4.69) is 9.97 Å². The first-order valence-corrected chi connectivity index (χ1v) is 6.89. The summed E-state index contributed by atoms with van der Waals surface area (Å²) in [5.41, 5.74) is 1.95. The Morgan fingerprint density at radius 2 is 2.17 bits per heavy atom. The number of rotatable bonds is 2. The highest BCUT2D eigenvalue weighted by molar-refractivity contribution is 7.22. The lowest BCUT2D eigenvalue weighted by molar-refractivity contribution is 0.0697. The van der Waals surface area contributed by atoms with Crippen LogP contribution in [0.3, 0.4) is 0 Å². The number of aryl methyl sites for hydroxylation is 1. The van der Waals surface area contributed by atoms with Gasteiger partial charge in [0, 0.05) is 5.38 Å². The van der Waals surface area contributed by atoms with Gasteiger partial charge in [0.2, 0.25) is 0 Å². The molecule has 18 heavy (non-hydrogen) atoms. The van der Waals surface area contributed by atoms with Crippen LogP contribution >= 0.6 is 22.7 Å². The van der Waals surface area contributed by atoms with Gasteiger partial charge in [-0.05, 0) is 25.1 Å². The average molecular weight is 276 g/mol. The van der Waals surface area contributed by atoms with Gasteiger partial charge in [0.25, 0.3) is 0 Å². The van der Waals surface area contributed by atoms with E-state index in [0.717, 1.165) is 25.9 Å². The Labute approximate surface area is 111 Å². The third-order valence-electron chi connectivity index (χ3n) is 2.47. The summed E-state index contributed by atoms with van der Waals surface area (Å²) in [5.74, 6) is -0.920. The molecule has 0 aliphatic carbocycles. The maximum Gasteiger partial charge on any atom is 0.335 e. The van der Waals surface area contributed by atoms with Crippen molar-refractivity contribution < 1.29 is 9.90 Å². The number of hydrogen-bond donors (Lipinski definition) is 1. The smallest absolute Gasteiger partial charge is 0.335 e. The molecule has 1 N–H and O–H groups in total.